The number of aromatic nitrogens is 1. The van der Waals surface area contributed by atoms with Gasteiger partial charge in [0, 0.05) is 18.1 Å². The Balaban J connectivity index is 2.10. The van der Waals surface area contributed by atoms with Crippen molar-refractivity contribution in [1.82, 2.24) is 9.88 Å². The first-order chi connectivity index (χ1) is 9.11. The van der Waals surface area contributed by atoms with Gasteiger partial charge in [0.25, 0.3) is 5.91 Å². The first kappa shape index (κ1) is 13.2. The Labute approximate surface area is 115 Å². The summed E-state index contributed by atoms with van der Waals surface area (Å²) in [4.78, 5) is 18.9. The monoisotopic (exact) mass is 271 g/mol. The lowest BCUT2D eigenvalue weighted by Crippen LogP contribution is -2.26. The Bertz CT molecular complexity index is 625. The van der Waals surface area contributed by atoms with Crippen LogP contribution < -0.4 is 0 Å². The first-order valence-corrected chi connectivity index (χ1v) is 6.64. The van der Waals surface area contributed by atoms with Crippen molar-refractivity contribution in [2.45, 2.75) is 13.5 Å². The molecule has 0 spiro atoms. The lowest BCUT2D eigenvalue weighted by Gasteiger charge is -2.16. The van der Waals surface area contributed by atoms with Crippen LogP contribution in [0, 0.1) is 18.3 Å². The van der Waals surface area contributed by atoms with E-state index >= 15 is 0 Å². The Kier molecular flexibility index (Phi) is 3.93. The number of rotatable bonds is 3. The molecule has 2 rings (SSSR count). The highest BCUT2D eigenvalue weighted by Gasteiger charge is 2.13. The molecule has 0 atom stereocenters. The maximum atomic E-state index is 12.2. The zero-order valence-corrected chi connectivity index (χ0v) is 11.6. The molecule has 0 aromatic carbocycles. The van der Waals surface area contributed by atoms with Crippen LogP contribution in [-0.4, -0.2) is 22.8 Å². The van der Waals surface area contributed by atoms with E-state index in [-0.39, 0.29) is 5.91 Å². The van der Waals surface area contributed by atoms with Gasteiger partial charge in [-0.25, -0.2) is 4.98 Å². The van der Waals surface area contributed by atoms with Crippen molar-refractivity contribution in [3.8, 4) is 6.07 Å². The quantitative estimate of drug-likeness (QED) is 0.862. The summed E-state index contributed by atoms with van der Waals surface area (Å²) < 4.78 is 0. The zero-order valence-electron chi connectivity index (χ0n) is 10.8. The van der Waals surface area contributed by atoms with E-state index in [9.17, 15) is 4.79 Å². The molecule has 0 bridgehead atoms. The molecule has 0 N–H and O–H groups in total. The molecule has 0 aliphatic heterocycles. The Morgan fingerprint density at radius 1 is 1.47 bits per heavy atom. The van der Waals surface area contributed by atoms with Crippen molar-refractivity contribution in [2.24, 2.45) is 0 Å². The van der Waals surface area contributed by atoms with Gasteiger partial charge < -0.3 is 4.90 Å². The van der Waals surface area contributed by atoms with Crippen molar-refractivity contribution in [3.63, 3.8) is 0 Å². The molecule has 2 heterocycles. The van der Waals surface area contributed by atoms with Crippen molar-refractivity contribution < 1.29 is 4.79 Å². The van der Waals surface area contributed by atoms with E-state index in [1.54, 1.807) is 35.4 Å². The van der Waals surface area contributed by atoms with E-state index in [1.165, 1.54) is 16.6 Å². The highest BCUT2D eigenvalue weighted by atomic mass is 32.1. The van der Waals surface area contributed by atoms with Gasteiger partial charge in [-0.05, 0) is 36.1 Å². The average molecular weight is 271 g/mol. The van der Waals surface area contributed by atoms with Crippen LogP contribution in [0.4, 0.5) is 0 Å². The molecular weight excluding hydrogens is 258 g/mol. The van der Waals surface area contributed by atoms with Gasteiger partial charge in [0.2, 0.25) is 0 Å². The molecule has 0 radical (unpaired) electrons. The minimum Gasteiger partial charge on any atom is -0.337 e. The van der Waals surface area contributed by atoms with Crippen molar-refractivity contribution in [2.75, 3.05) is 7.05 Å². The zero-order chi connectivity index (χ0) is 13.8. The molecule has 5 heteroatoms. The number of hydrogen-bond donors (Lipinski definition) is 0. The largest absolute Gasteiger partial charge is 0.337 e. The number of aryl methyl sites for hydroxylation is 1. The molecule has 0 saturated carbocycles. The van der Waals surface area contributed by atoms with Gasteiger partial charge in [0.1, 0.15) is 11.8 Å². The summed E-state index contributed by atoms with van der Waals surface area (Å²) >= 11 is 1.64. The molecular formula is C14H13N3OS. The second-order valence-electron chi connectivity index (χ2n) is 4.23. The average Bonchev–Trinajstić information content (AvgIpc) is 2.83. The third kappa shape index (κ3) is 2.98. The van der Waals surface area contributed by atoms with E-state index in [0.29, 0.717) is 17.8 Å². The number of pyridine rings is 1. The van der Waals surface area contributed by atoms with Gasteiger partial charge in [-0.3, -0.25) is 4.79 Å². The van der Waals surface area contributed by atoms with Gasteiger partial charge in [-0.1, -0.05) is 0 Å². The number of hydrogen-bond acceptors (Lipinski definition) is 4. The normalized spacial score (nSPS) is 9.95. The third-order valence-corrected chi connectivity index (χ3v) is 3.83. The van der Waals surface area contributed by atoms with Gasteiger partial charge in [-0.15, -0.1) is 11.3 Å². The smallest absolute Gasteiger partial charge is 0.255 e. The summed E-state index contributed by atoms with van der Waals surface area (Å²) in [7, 11) is 1.76. The second kappa shape index (κ2) is 5.63. The summed E-state index contributed by atoms with van der Waals surface area (Å²) in [5.41, 5.74) is 2.01. The van der Waals surface area contributed by atoms with Crippen molar-refractivity contribution in [3.05, 3.63) is 51.5 Å². The standard InChI is InChI=1S/C14H13N3OS/c1-10-5-6-19-13(10)9-17(2)14(18)11-3-4-12(7-15)16-8-11/h3-6,8H,9H2,1-2H3. The Morgan fingerprint density at radius 3 is 2.79 bits per heavy atom. The van der Waals surface area contributed by atoms with Crippen LogP contribution in [0.25, 0.3) is 0 Å². The van der Waals surface area contributed by atoms with Crippen LogP contribution in [0.2, 0.25) is 0 Å². The number of nitrogens with zero attached hydrogens (tertiary/aromatic N) is 3. The van der Waals surface area contributed by atoms with Crippen LogP contribution in [-0.2, 0) is 6.54 Å². The van der Waals surface area contributed by atoms with Gasteiger partial charge in [0.15, 0.2) is 0 Å². The Morgan fingerprint density at radius 2 is 2.26 bits per heavy atom. The van der Waals surface area contributed by atoms with Gasteiger partial charge in [0.05, 0.1) is 12.1 Å². The lowest BCUT2D eigenvalue weighted by molar-refractivity contribution is 0.0786. The van der Waals surface area contributed by atoms with E-state index in [0.717, 1.165) is 0 Å². The number of thiophene rings is 1. The number of amides is 1. The molecule has 1 amide bonds. The van der Waals surface area contributed by atoms with E-state index < -0.39 is 0 Å². The van der Waals surface area contributed by atoms with Gasteiger partial charge in [-0.2, -0.15) is 5.26 Å². The number of nitriles is 1. The van der Waals surface area contributed by atoms with E-state index in [4.69, 9.17) is 5.26 Å². The van der Waals surface area contributed by atoms with Crippen LogP contribution in [0.15, 0.2) is 29.8 Å². The molecule has 2 aromatic heterocycles. The van der Waals surface area contributed by atoms with Gasteiger partial charge >= 0.3 is 0 Å². The summed E-state index contributed by atoms with van der Waals surface area (Å²) in [6, 6.07) is 7.16. The summed E-state index contributed by atoms with van der Waals surface area (Å²) in [5.74, 6) is -0.0928. The second-order valence-corrected chi connectivity index (χ2v) is 5.23. The van der Waals surface area contributed by atoms with Crippen LogP contribution in [0.1, 0.15) is 26.5 Å². The number of carbonyl (C=O) groups excluding carboxylic acids is 1. The molecule has 4 nitrogen and oxygen atoms in total. The van der Waals surface area contributed by atoms with E-state index in [2.05, 4.69) is 4.98 Å². The highest BCUT2D eigenvalue weighted by Crippen LogP contribution is 2.18. The summed E-state index contributed by atoms with van der Waals surface area (Å²) in [6.45, 7) is 2.62. The third-order valence-electron chi connectivity index (χ3n) is 2.82. The van der Waals surface area contributed by atoms with Crippen molar-refractivity contribution in [1.29, 1.82) is 5.26 Å². The molecule has 0 aliphatic carbocycles. The topological polar surface area (TPSA) is 57.0 Å². The number of carbonyl (C=O) groups is 1. The van der Waals surface area contributed by atoms with Crippen LogP contribution >= 0.6 is 11.3 Å². The lowest BCUT2D eigenvalue weighted by atomic mass is 10.2. The maximum absolute atomic E-state index is 12.2. The van der Waals surface area contributed by atoms with Crippen LogP contribution in [0.5, 0.6) is 0 Å². The molecule has 0 aliphatic rings. The minimum atomic E-state index is -0.0928. The SMILES string of the molecule is Cc1ccsc1CN(C)C(=O)c1ccc(C#N)nc1. The Hall–Kier alpha value is -2.19. The fourth-order valence-electron chi connectivity index (χ4n) is 1.66. The molecule has 96 valence electrons. The maximum Gasteiger partial charge on any atom is 0.255 e. The molecule has 19 heavy (non-hydrogen) atoms. The van der Waals surface area contributed by atoms with E-state index in [1.807, 2.05) is 24.4 Å². The summed E-state index contributed by atoms with van der Waals surface area (Å²) in [6.07, 6.45) is 1.44. The van der Waals surface area contributed by atoms with Crippen LogP contribution in [0.3, 0.4) is 0 Å². The molecule has 2 aromatic rings. The minimum absolute atomic E-state index is 0.0928. The molecule has 0 unspecified atom stereocenters. The predicted molar refractivity (Wildman–Crippen MR) is 73.8 cm³/mol. The predicted octanol–water partition coefficient (Wildman–Crippen LogP) is 2.60. The fraction of sp³-hybridized carbons (Fsp3) is 0.214. The molecule has 0 fully saturated rings. The molecule has 0 saturated heterocycles. The summed E-state index contributed by atoms with van der Waals surface area (Å²) in [5, 5.41) is 10.7. The highest BCUT2D eigenvalue weighted by molar-refractivity contribution is 7.10. The fourth-order valence-corrected chi connectivity index (χ4v) is 2.62. The first-order valence-electron chi connectivity index (χ1n) is 5.76. The van der Waals surface area contributed by atoms with Crippen molar-refractivity contribution >= 4 is 17.2 Å².